The molecular weight excluding hydrogens is 366 g/mol. The molecule has 0 spiro atoms. The lowest BCUT2D eigenvalue weighted by Gasteiger charge is -2.33. The highest BCUT2D eigenvalue weighted by atomic mass is 16.5. The van der Waals surface area contributed by atoms with Crippen molar-refractivity contribution in [1.29, 1.82) is 0 Å². The molecule has 1 amide bonds. The van der Waals surface area contributed by atoms with Gasteiger partial charge in [-0.05, 0) is 69.2 Å². The number of hydrazine groups is 1. The Labute approximate surface area is 173 Å². The second-order valence-corrected chi connectivity index (χ2v) is 9.21. The van der Waals surface area contributed by atoms with E-state index < -0.39 is 0 Å². The molecular formula is C22H35N5O2. The Morgan fingerprint density at radius 2 is 2.03 bits per heavy atom. The fraction of sp³-hybridized carbons (Fsp3) is 0.727. The molecule has 4 unspecified atom stereocenters. The van der Waals surface area contributed by atoms with Crippen molar-refractivity contribution in [1.82, 2.24) is 26.1 Å². The summed E-state index contributed by atoms with van der Waals surface area (Å²) in [7, 11) is 4.16. The van der Waals surface area contributed by atoms with Gasteiger partial charge in [0.05, 0.1) is 0 Å². The minimum absolute atomic E-state index is 0.136. The molecule has 3 heterocycles. The molecule has 160 valence electrons. The van der Waals surface area contributed by atoms with Crippen LogP contribution in [0.3, 0.4) is 0 Å². The Bertz CT molecular complexity index is 692. The first-order valence-electron chi connectivity index (χ1n) is 11.0. The molecule has 2 saturated heterocycles. The van der Waals surface area contributed by atoms with Crippen molar-refractivity contribution in [3.63, 3.8) is 0 Å². The van der Waals surface area contributed by atoms with E-state index in [0.29, 0.717) is 23.8 Å². The smallest absolute Gasteiger partial charge is 0.238 e. The van der Waals surface area contributed by atoms with Gasteiger partial charge in [0.15, 0.2) is 0 Å². The molecule has 1 aliphatic carbocycles. The number of hydrogen-bond acceptors (Lipinski definition) is 6. The zero-order chi connectivity index (χ0) is 20.2. The second-order valence-electron chi connectivity index (χ2n) is 9.21. The molecule has 0 aromatic carbocycles. The monoisotopic (exact) mass is 401 g/mol. The highest BCUT2D eigenvalue weighted by Crippen LogP contribution is 2.39. The molecule has 1 aromatic heterocycles. The zero-order valence-corrected chi connectivity index (χ0v) is 17.7. The van der Waals surface area contributed by atoms with Gasteiger partial charge in [-0.25, -0.2) is 5.43 Å². The molecule has 29 heavy (non-hydrogen) atoms. The maximum Gasteiger partial charge on any atom is 0.238 e. The molecule has 4 rings (SSSR count). The maximum absolute atomic E-state index is 12.9. The first-order valence-corrected chi connectivity index (χ1v) is 11.0. The molecule has 3 fully saturated rings. The molecule has 0 bridgehead atoms. The van der Waals surface area contributed by atoms with Crippen LogP contribution in [0.1, 0.15) is 49.1 Å². The molecule has 7 heteroatoms. The number of fused-ring (bicyclic) bond motifs is 1. The number of aromatic nitrogens is 1. The summed E-state index contributed by atoms with van der Waals surface area (Å²) in [4.78, 5) is 19.6. The number of pyridine rings is 1. The van der Waals surface area contributed by atoms with Crippen molar-refractivity contribution in [2.24, 2.45) is 11.8 Å². The van der Waals surface area contributed by atoms with Crippen LogP contribution in [-0.4, -0.2) is 61.7 Å². The van der Waals surface area contributed by atoms with Crippen LogP contribution in [0.2, 0.25) is 0 Å². The minimum Gasteiger partial charge on any atom is -0.381 e. The largest absolute Gasteiger partial charge is 0.381 e. The van der Waals surface area contributed by atoms with Gasteiger partial charge in [0.2, 0.25) is 5.91 Å². The zero-order valence-electron chi connectivity index (χ0n) is 17.7. The Balaban J connectivity index is 1.36. The number of ether oxygens (including phenoxy) is 1. The van der Waals surface area contributed by atoms with Gasteiger partial charge in [0.1, 0.15) is 6.04 Å². The third-order valence-electron chi connectivity index (χ3n) is 6.73. The van der Waals surface area contributed by atoms with Crippen LogP contribution in [-0.2, 0) is 16.1 Å². The number of carbonyl (C=O) groups is 1. The standard InChI is InChI=1S/C22H35N5O2/c1-27(2)14-16-9-18(13-23-11-16)17-3-4-20-19(10-17)21(26-25-20)22(28)24-12-15-5-7-29-8-6-15/h9,11,13,15,17,19-21,25-26H,3-8,10,12,14H2,1-2H3,(H,24,28). The molecule has 0 radical (unpaired) electrons. The van der Waals surface area contributed by atoms with Crippen LogP contribution in [0.25, 0.3) is 0 Å². The van der Waals surface area contributed by atoms with Gasteiger partial charge in [0.25, 0.3) is 0 Å². The molecule has 7 nitrogen and oxygen atoms in total. The molecule has 4 atom stereocenters. The van der Waals surface area contributed by atoms with E-state index in [2.05, 4.69) is 46.2 Å². The van der Waals surface area contributed by atoms with Crippen LogP contribution in [0.5, 0.6) is 0 Å². The van der Waals surface area contributed by atoms with Crippen LogP contribution < -0.4 is 16.2 Å². The number of rotatable bonds is 6. The fourth-order valence-electron chi connectivity index (χ4n) is 5.11. The van der Waals surface area contributed by atoms with Gasteiger partial charge in [-0.15, -0.1) is 0 Å². The van der Waals surface area contributed by atoms with Crippen molar-refractivity contribution < 1.29 is 9.53 Å². The maximum atomic E-state index is 12.9. The lowest BCUT2D eigenvalue weighted by atomic mass is 9.73. The van der Waals surface area contributed by atoms with Crippen molar-refractivity contribution in [3.8, 4) is 0 Å². The molecule has 2 aliphatic heterocycles. The average molecular weight is 402 g/mol. The van der Waals surface area contributed by atoms with Crippen molar-refractivity contribution in [2.45, 2.75) is 56.7 Å². The summed E-state index contributed by atoms with van der Waals surface area (Å²) < 4.78 is 5.42. The van der Waals surface area contributed by atoms with Gasteiger partial charge in [-0.1, -0.05) is 6.07 Å². The van der Waals surface area contributed by atoms with Crippen molar-refractivity contribution in [2.75, 3.05) is 33.9 Å². The summed E-state index contributed by atoms with van der Waals surface area (Å²) >= 11 is 0. The molecule has 1 saturated carbocycles. The van der Waals surface area contributed by atoms with Gasteiger partial charge in [-0.2, -0.15) is 0 Å². The normalized spacial score (nSPS) is 30.3. The van der Waals surface area contributed by atoms with Crippen LogP contribution >= 0.6 is 0 Å². The second kappa shape index (κ2) is 9.51. The summed E-state index contributed by atoms with van der Waals surface area (Å²) in [6.45, 7) is 3.30. The first-order chi connectivity index (χ1) is 14.1. The Hall–Kier alpha value is -1.54. The highest BCUT2D eigenvalue weighted by molar-refractivity contribution is 5.82. The Morgan fingerprint density at radius 3 is 2.83 bits per heavy atom. The third-order valence-corrected chi connectivity index (χ3v) is 6.73. The van der Waals surface area contributed by atoms with Gasteiger partial charge < -0.3 is 15.0 Å². The molecule has 3 N–H and O–H groups in total. The third kappa shape index (κ3) is 5.15. The first kappa shape index (κ1) is 20.7. The summed E-state index contributed by atoms with van der Waals surface area (Å²) in [5.74, 6) is 1.47. The Morgan fingerprint density at radius 1 is 1.21 bits per heavy atom. The van der Waals surface area contributed by atoms with Gasteiger partial charge in [-0.3, -0.25) is 15.2 Å². The summed E-state index contributed by atoms with van der Waals surface area (Å²) in [5.41, 5.74) is 9.24. The summed E-state index contributed by atoms with van der Waals surface area (Å²) in [5, 5.41) is 3.20. The van der Waals surface area contributed by atoms with Crippen LogP contribution in [0.15, 0.2) is 18.5 Å². The highest BCUT2D eigenvalue weighted by Gasteiger charge is 2.43. The molecule has 3 aliphatic rings. The van der Waals surface area contributed by atoms with Gasteiger partial charge >= 0.3 is 0 Å². The topological polar surface area (TPSA) is 78.5 Å². The average Bonchev–Trinajstić information content (AvgIpc) is 3.16. The van der Waals surface area contributed by atoms with E-state index in [9.17, 15) is 4.79 Å². The summed E-state index contributed by atoms with van der Waals surface area (Å²) in [6.07, 6.45) is 9.30. The van der Waals surface area contributed by atoms with E-state index >= 15 is 0 Å². The number of carbonyl (C=O) groups excluding carboxylic acids is 1. The van der Waals surface area contributed by atoms with E-state index in [4.69, 9.17) is 4.74 Å². The number of amides is 1. The molecule has 1 aromatic rings. The van der Waals surface area contributed by atoms with E-state index in [0.717, 1.165) is 58.4 Å². The van der Waals surface area contributed by atoms with E-state index in [1.807, 2.05) is 12.4 Å². The van der Waals surface area contributed by atoms with Gasteiger partial charge in [0, 0.05) is 50.7 Å². The fourth-order valence-corrected chi connectivity index (χ4v) is 5.11. The number of hydrogen-bond donors (Lipinski definition) is 3. The predicted molar refractivity (Wildman–Crippen MR) is 112 cm³/mol. The van der Waals surface area contributed by atoms with Crippen LogP contribution in [0.4, 0.5) is 0 Å². The quantitative estimate of drug-likeness (QED) is 0.669. The van der Waals surface area contributed by atoms with E-state index in [1.165, 1.54) is 11.1 Å². The lowest BCUT2D eigenvalue weighted by molar-refractivity contribution is -0.124. The Kier molecular flexibility index (Phi) is 6.80. The van der Waals surface area contributed by atoms with Crippen LogP contribution in [0, 0.1) is 11.8 Å². The van der Waals surface area contributed by atoms with Crippen molar-refractivity contribution >= 4 is 5.91 Å². The lowest BCUT2D eigenvalue weighted by Crippen LogP contribution is -2.47. The summed E-state index contributed by atoms with van der Waals surface area (Å²) in [6, 6.07) is 2.53. The van der Waals surface area contributed by atoms with E-state index in [1.54, 1.807) is 0 Å². The SMILES string of the molecule is CN(C)Cc1cncc(C2CCC3NNC(C(=O)NCC4CCOCC4)C3C2)c1. The van der Waals surface area contributed by atoms with Crippen molar-refractivity contribution in [3.05, 3.63) is 29.6 Å². The number of nitrogens with zero attached hydrogens (tertiary/aromatic N) is 2. The minimum atomic E-state index is -0.152. The van der Waals surface area contributed by atoms with E-state index in [-0.39, 0.29) is 11.9 Å². The number of nitrogens with one attached hydrogen (secondary N) is 3. The predicted octanol–water partition coefficient (Wildman–Crippen LogP) is 1.41.